The van der Waals surface area contributed by atoms with E-state index in [0.717, 1.165) is 16.7 Å². The van der Waals surface area contributed by atoms with Gasteiger partial charge in [0.05, 0.1) is 31.4 Å². The van der Waals surface area contributed by atoms with E-state index in [1.54, 1.807) is 43.5 Å². The maximum absolute atomic E-state index is 13.4. The number of nitrogens with zero attached hydrogens (tertiary/aromatic N) is 1. The van der Waals surface area contributed by atoms with Gasteiger partial charge in [0.15, 0.2) is 0 Å². The molecule has 0 radical (unpaired) electrons. The number of ketones is 1. The Hall–Kier alpha value is -4.06. The van der Waals surface area contributed by atoms with Crippen LogP contribution in [0, 0.1) is 20.8 Å². The quantitative estimate of drug-likeness (QED) is 0.322. The van der Waals surface area contributed by atoms with Gasteiger partial charge in [0.2, 0.25) is 0 Å². The number of anilines is 1. The van der Waals surface area contributed by atoms with Gasteiger partial charge in [-0.2, -0.15) is 0 Å². The highest BCUT2D eigenvalue weighted by atomic mass is 16.5. The molecule has 1 heterocycles. The summed E-state index contributed by atoms with van der Waals surface area (Å²) in [6, 6.07) is 17.4. The van der Waals surface area contributed by atoms with Gasteiger partial charge in [0.1, 0.15) is 17.3 Å². The smallest absolute Gasteiger partial charge is 0.300 e. The molecule has 1 saturated heterocycles. The molecule has 174 valence electrons. The second kappa shape index (κ2) is 9.06. The predicted molar refractivity (Wildman–Crippen MR) is 131 cm³/mol. The number of aliphatic hydroxyl groups is 1. The van der Waals surface area contributed by atoms with Gasteiger partial charge in [-0.25, -0.2) is 0 Å². The average molecular weight is 458 g/mol. The molecule has 0 aliphatic carbocycles. The van der Waals surface area contributed by atoms with Gasteiger partial charge in [-0.3, -0.25) is 14.5 Å². The summed E-state index contributed by atoms with van der Waals surface area (Å²) >= 11 is 0. The molecule has 0 aromatic heterocycles. The van der Waals surface area contributed by atoms with Gasteiger partial charge >= 0.3 is 0 Å². The lowest BCUT2D eigenvalue weighted by Crippen LogP contribution is -2.29. The van der Waals surface area contributed by atoms with Gasteiger partial charge in [-0.1, -0.05) is 30.3 Å². The molecule has 4 rings (SSSR count). The molecule has 1 fully saturated rings. The van der Waals surface area contributed by atoms with E-state index in [1.807, 2.05) is 45.0 Å². The number of benzene rings is 3. The predicted octanol–water partition coefficient (Wildman–Crippen LogP) is 5.26. The molecule has 1 unspecified atom stereocenters. The number of aryl methyl sites for hydroxylation is 3. The van der Waals surface area contributed by atoms with Crippen LogP contribution in [-0.2, 0) is 9.59 Å². The van der Waals surface area contributed by atoms with Crippen LogP contribution in [-0.4, -0.2) is 31.0 Å². The zero-order chi connectivity index (χ0) is 24.6. The Morgan fingerprint density at radius 1 is 0.882 bits per heavy atom. The topological polar surface area (TPSA) is 76.1 Å². The van der Waals surface area contributed by atoms with Crippen molar-refractivity contribution >= 4 is 23.1 Å². The summed E-state index contributed by atoms with van der Waals surface area (Å²) in [6.07, 6.45) is 0. The van der Waals surface area contributed by atoms with Gasteiger partial charge in [0, 0.05) is 5.69 Å². The molecule has 1 amide bonds. The largest absolute Gasteiger partial charge is 0.507 e. The summed E-state index contributed by atoms with van der Waals surface area (Å²) in [5.74, 6) is -0.610. The average Bonchev–Trinajstić information content (AvgIpc) is 3.08. The first-order valence-corrected chi connectivity index (χ1v) is 10.9. The maximum atomic E-state index is 13.4. The molecular formula is C28H27NO5. The van der Waals surface area contributed by atoms with Crippen molar-refractivity contribution in [1.29, 1.82) is 0 Å². The Morgan fingerprint density at radius 2 is 1.59 bits per heavy atom. The fraction of sp³-hybridized carbons (Fsp3) is 0.214. The van der Waals surface area contributed by atoms with Gasteiger partial charge in [-0.15, -0.1) is 0 Å². The minimum atomic E-state index is -0.821. The van der Waals surface area contributed by atoms with E-state index >= 15 is 0 Å². The highest BCUT2D eigenvalue weighted by molar-refractivity contribution is 6.51. The van der Waals surface area contributed by atoms with Crippen LogP contribution in [0.15, 0.2) is 66.2 Å². The number of amides is 1. The Kier molecular flexibility index (Phi) is 6.16. The molecule has 3 aromatic carbocycles. The summed E-state index contributed by atoms with van der Waals surface area (Å²) < 4.78 is 10.8. The lowest BCUT2D eigenvalue weighted by molar-refractivity contribution is -0.132. The van der Waals surface area contributed by atoms with E-state index in [1.165, 1.54) is 12.0 Å². The molecule has 1 aliphatic heterocycles. The third kappa shape index (κ3) is 3.92. The monoisotopic (exact) mass is 457 g/mol. The fourth-order valence-corrected chi connectivity index (χ4v) is 4.52. The standard InChI is InChI=1S/C28H27NO5/c1-16-7-6-8-20(14-16)29-24(19-9-11-21(33-4)12-10-19)23(26(31)28(29)32)25(30)22-15-17(2)13-18(3)27(22)34-5/h6-15,24,30H,1-5H3/b25-23+. The van der Waals surface area contributed by atoms with E-state index in [9.17, 15) is 14.7 Å². The molecule has 1 atom stereocenters. The molecule has 6 heteroatoms. The summed E-state index contributed by atoms with van der Waals surface area (Å²) in [5, 5.41) is 11.5. The molecule has 3 aromatic rings. The first-order chi connectivity index (χ1) is 16.3. The number of methoxy groups -OCH3 is 2. The van der Waals surface area contributed by atoms with Crippen LogP contribution in [0.25, 0.3) is 5.76 Å². The van der Waals surface area contributed by atoms with Crippen molar-refractivity contribution in [2.24, 2.45) is 0 Å². The number of carbonyl (C=O) groups is 2. The van der Waals surface area contributed by atoms with Crippen molar-refractivity contribution in [3.8, 4) is 11.5 Å². The van der Waals surface area contributed by atoms with E-state index in [4.69, 9.17) is 9.47 Å². The Morgan fingerprint density at radius 3 is 2.21 bits per heavy atom. The van der Waals surface area contributed by atoms with Crippen LogP contribution in [0.4, 0.5) is 5.69 Å². The number of rotatable bonds is 5. The van der Waals surface area contributed by atoms with Crippen molar-refractivity contribution in [3.63, 3.8) is 0 Å². The minimum absolute atomic E-state index is 0.0139. The minimum Gasteiger partial charge on any atom is -0.507 e. The van der Waals surface area contributed by atoms with Crippen LogP contribution in [0.2, 0.25) is 0 Å². The SMILES string of the molecule is COc1ccc(C2/C(=C(\O)c3cc(C)cc(C)c3OC)C(=O)C(=O)N2c2cccc(C)c2)cc1. The molecule has 0 bridgehead atoms. The van der Waals surface area contributed by atoms with Crippen LogP contribution >= 0.6 is 0 Å². The highest BCUT2D eigenvalue weighted by Gasteiger charge is 2.47. The van der Waals surface area contributed by atoms with E-state index in [2.05, 4.69) is 0 Å². The maximum Gasteiger partial charge on any atom is 0.300 e. The summed E-state index contributed by atoms with van der Waals surface area (Å²) in [6.45, 7) is 5.69. The van der Waals surface area contributed by atoms with E-state index < -0.39 is 17.7 Å². The van der Waals surface area contributed by atoms with Crippen LogP contribution in [0.5, 0.6) is 11.5 Å². The molecular weight excluding hydrogens is 430 g/mol. The molecule has 6 nitrogen and oxygen atoms in total. The van der Waals surface area contributed by atoms with Crippen molar-refractivity contribution in [2.45, 2.75) is 26.8 Å². The van der Waals surface area contributed by atoms with Crippen LogP contribution < -0.4 is 14.4 Å². The number of ether oxygens (including phenoxy) is 2. The number of hydrogen-bond acceptors (Lipinski definition) is 5. The van der Waals surface area contributed by atoms with Gasteiger partial charge in [-0.05, 0) is 73.4 Å². The fourth-order valence-electron chi connectivity index (χ4n) is 4.52. The normalized spacial score (nSPS) is 17.2. The van der Waals surface area contributed by atoms with Crippen LogP contribution in [0.3, 0.4) is 0 Å². The lowest BCUT2D eigenvalue weighted by atomic mass is 9.93. The Labute approximate surface area is 199 Å². The number of carbonyl (C=O) groups excluding carboxylic acids is 2. The lowest BCUT2D eigenvalue weighted by Gasteiger charge is -2.26. The summed E-state index contributed by atoms with van der Waals surface area (Å²) in [5.41, 5.74) is 4.30. The van der Waals surface area contributed by atoms with Gasteiger partial charge < -0.3 is 14.6 Å². The Balaban J connectivity index is 2.00. The zero-order valence-electron chi connectivity index (χ0n) is 19.9. The van der Waals surface area contributed by atoms with Gasteiger partial charge in [0.25, 0.3) is 11.7 Å². The summed E-state index contributed by atoms with van der Waals surface area (Å²) in [7, 11) is 3.08. The molecule has 0 saturated carbocycles. The third-order valence-electron chi connectivity index (χ3n) is 6.03. The summed E-state index contributed by atoms with van der Waals surface area (Å²) in [4.78, 5) is 28.2. The zero-order valence-corrected chi connectivity index (χ0v) is 19.9. The molecule has 34 heavy (non-hydrogen) atoms. The van der Waals surface area contributed by atoms with Crippen LogP contribution in [0.1, 0.15) is 33.9 Å². The number of aliphatic hydroxyl groups excluding tert-OH is 1. The second-order valence-electron chi connectivity index (χ2n) is 8.44. The Bertz CT molecular complexity index is 1310. The third-order valence-corrected chi connectivity index (χ3v) is 6.03. The number of hydrogen-bond donors (Lipinski definition) is 1. The highest BCUT2D eigenvalue weighted by Crippen LogP contribution is 2.44. The first-order valence-electron chi connectivity index (χ1n) is 10.9. The molecule has 0 spiro atoms. The molecule has 1 N–H and O–H groups in total. The van der Waals surface area contributed by atoms with Crippen molar-refractivity contribution in [2.75, 3.05) is 19.1 Å². The molecule has 1 aliphatic rings. The number of Topliss-reactive ketones (excluding diaryl/α,β-unsaturated/α-hetero) is 1. The van der Waals surface area contributed by atoms with E-state index in [0.29, 0.717) is 28.3 Å². The first kappa shape index (κ1) is 23.1. The second-order valence-corrected chi connectivity index (χ2v) is 8.44. The van der Waals surface area contributed by atoms with Crippen molar-refractivity contribution in [3.05, 3.63) is 94.1 Å². The van der Waals surface area contributed by atoms with E-state index in [-0.39, 0.29) is 11.3 Å². The van der Waals surface area contributed by atoms with Crippen molar-refractivity contribution < 1.29 is 24.2 Å². The van der Waals surface area contributed by atoms with Crippen molar-refractivity contribution in [1.82, 2.24) is 0 Å².